The number of hydrogen-bond acceptors (Lipinski definition) is 6. The highest BCUT2D eigenvalue weighted by atomic mass is 32.2. The Kier molecular flexibility index (Phi) is 8.32. The fraction of sp³-hybridized carbons (Fsp3) is 0.500. The monoisotopic (exact) mass is 511 g/mol. The van der Waals surface area contributed by atoms with E-state index >= 15 is 0 Å². The first-order valence-electron chi connectivity index (χ1n) is 11.4. The molecule has 0 unspecified atom stereocenters. The summed E-state index contributed by atoms with van der Waals surface area (Å²) in [6.45, 7) is 3.38. The van der Waals surface area contributed by atoms with Crippen LogP contribution in [0.4, 0.5) is 14.5 Å². The molecule has 3 rings (SSSR count). The van der Waals surface area contributed by atoms with Crippen LogP contribution < -0.4 is 10.1 Å². The number of aryl methyl sites for hydroxylation is 1. The van der Waals surface area contributed by atoms with Crippen molar-refractivity contribution in [2.24, 2.45) is 0 Å². The van der Waals surface area contributed by atoms with Crippen LogP contribution in [0.5, 0.6) is 5.88 Å². The minimum Gasteiger partial charge on any atom is -0.481 e. The lowest BCUT2D eigenvalue weighted by molar-refractivity contribution is -0.137. The maximum atomic E-state index is 12.9. The summed E-state index contributed by atoms with van der Waals surface area (Å²) in [5.41, 5.74) is 2.25. The van der Waals surface area contributed by atoms with Gasteiger partial charge in [-0.1, -0.05) is 38.1 Å². The van der Waals surface area contributed by atoms with Crippen LogP contribution >= 0.6 is 0 Å². The van der Waals surface area contributed by atoms with E-state index in [1.54, 1.807) is 19.1 Å². The Morgan fingerprint density at radius 1 is 1.23 bits per heavy atom. The highest BCUT2D eigenvalue weighted by Crippen LogP contribution is 2.41. The number of benzene rings is 1. The molecule has 0 radical (unpaired) electrons. The maximum Gasteiger partial charge on any atom is 0.388 e. The van der Waals surface area contributed by atoms with Crippen LogP contribution in [0.25, 0.3) is 0 Å². The van der Waals surface area contributed by atoms with Crippen LogP contribution in [0.3, 0.4) is 0 Å². The summed E-state index contributed by atoms with van der Waals surface area (Å²) in [6.07, 6.45) is -0.186. The van der Waals surface area contributed by atoms with Crippen LogP contribution in [0, 0.1) is 6.92 Å². The Balaban J connectivity index is 1.88. The summed E-state index contributed by atoms with van der Waals surface area (Å²) < 4.78 is 57.4. The van der Waals surface area contributed by atoms with Gasteiger partial charge in [0.15, 0.2) is 0 Å². The normalized spacial score (nSPS) is 15.7. The number of carbonyl (C=O) groups is 1. The molecular weight excluding hydrogens is 480 g/mol. The minimum atomic E-state index is -3.64. The second-order valence-corrected chi connectivity index (χ2v) is 11.2. The molecule has 1 aliphatic rings. The van der Waals surface area contributed by atoms with E-state index in [2.05, 4.69) is 28.9 Å². The first kappa shape index (κ1) is 26.8. The second kappa shape index (κ2) is 10.9. The Labute approximate surface area is 204 Å². The molecule has 1 fully saturated rings. The Morgan fingerprint density at radius 2 is 1.91 bits per heavy atom. The third-order valence-corrected chi connectivity index (χ3v) is 7.97. The number of aliphatic carboxylic acids is 1. The number of alkyl halides is 2. The SMILES string of the molecule is Cc1ccc(NCC2(c3ccccc3C(C)C)CN(S(=O)(=O)CCCC(=O)O)C2)c(OC(F)F)n1. The van der Waals surface area contributed by atoms with Crippen LogP contribution in [0.2, 0.25) is 0 Å². The van der Waals surface area contributed by atoms with E-state index in [0.29, 0.717) is 11.4 Å². The third-order valence-electron chi connectivity index (χ3n) is 6.12. The molecule has 0 bridgehead atoms. The van der Waals surface area contributed by atoms with Gasteiger partial charge in [0.25, 0.3) is 0 Å². The highest BCUT2D eigenvalue weighted by Gasteiger charge is 2.50. The Morgan fingerprint density at radius 3 is 2.54 bits per heavy atom. The molecule has 192 valence electrons. The molecule has 35 heavy (non-hydrogen) atoms. The van der Waals surface area contributed by atoms with Crippen molar-refractivity contribution in [3.8, 4) is 5.88 Å². The molecule has 0 aliphatic carbocycles. The first-order chi connectivity index (χ1) is 16.4. The van der Waals surface area contributed by atoms with Crippen molar-refractivity contribution in [1.82, 2.24) is 9.29 Å². The van der Waals surface area contributed by atoms with Gasteiger partial charge in [-0.2, -0.15) is 13.1 Å². The number of rotatable bonds is 12. The van der Waals surface area contributed by atoms with E-state index in [4.69, 9.17) is 5.11 Å². The number of carboxylic acids is 1. The number of ether oxygens (including phenoxy) is 1. The molecule has 0 spiro atoms. The molecule has 8 nitrogen and oxygen atoms in total. The third kappa shape index (κ3) is 6.46. The van der Waals surface area contributed by atoms with Gasteiger partial charge >= 0.3 is 12.6 Å². The summed E-state index contributed by atoms with van der Waals surface area (Å²) in [7, 11) is -3.64. The summed E-state index contributed by atoms with van der Waals surface area (Å²) in [4.78, 5) is 14.8. The molecule has 2 N–H and O–H groups in total. The molecule has 2 aromatic rings. The van der Waals surface area contributed by atoms with E-state index in [1.165, 1.54) is 4.31 Å². The largest absolute Gasteiger partial charge is 0.481 e. The number of sulfonamides is 1. The topological polar surface area (TPSA) is 109 Å². The van der Waals surface area contributed by atoms with Gasteiger partial charge in [0.2, 0.25) is 15.9 Å². The van der Waals surface area contributed by atoms with Gasteiger partial charge in [-0.3, -0.25) is 4.79 Å². The van der Waals surface area contributed by atoms with Gasteiger partial charge in [0.1, 0.15) is 0 Å². The fourth-order valence-corrected chi connectivity index (χ4v) is 5.98. The Bertz CT molecular complexity index is 1150. The predicted octanol–water partition coefficient (Wildman–Crippen LogP) is 3.97. The molecule has 1 saturated heterocycles. The van der Waals surface area contributed by atoms with E-state index < -0.39 is 28.0 Å². The molecule has 1 aliphatic heterocycles. The molecule has 1 aromatic heterocycles. The van der Waals surface area contributed by atoms with Crippen molar-refractivity contribution in [3.05, 3.63) is 53.2 Å². The molecular formula is C24H31F2N3O5S. The zero-order valence-electron chi connectivity index (χ0n) is 20.0. The van der Waals surface area contributed by atoms with E-state index in [0.717, 1.165) is 11.1 Å². The smallest absolute Gasteiger partial charge is 0.388 e. The molecule has 0 atom stereocenters. The average molecular weight is 512 g/mol. The van der Waals surface area contributed by atoms with Gasteiger partial charge in [0.05, 0.1) is 11.4 Å². The lowest BCUT2D eigenvalue weighted by atomic mass is 9.71. The van der Waals surface area contributed by atoms with Crippen molar-refractivity contribution in [2.75, 3.05) is 30.7 Å². The van der Waals surface area contributed by atoms with Gasteiger partial charge in [0, 0.05) is 37.2 Å². The molecule has 1 aromatic carbocycles. The fourth-order valence-electron chi connectivity index (χ4n) is 4.33. The number of nitrogens with one attached hydrogen (secondary N) is 1. The van der Waals surface area contributed by atoms with Crippen LogP contribution in [0.1, 0.15) is 49.4 Å². The number of aromatic nitrogens is 1. The molecule has 0 saturated carbocycles. The molecule has 0 amide bonds. The molecule has 11 heteroatoms. The standard InChI is InChI=1S/C24H31F2N3O5S/c1-16(2)18-7-4-5-8-19(18)24(14-29(15-24)35(32,33)12-6-9-21(30)31)13-27-20-11-10-17(3)28-22(20)34-23(25)26/h4-5,7-8,10-11,16,23,27H,6,9,12-15H2,1-3H3,(H,30,31). The number of halogens is 2. The summed E-state index contributed by atoms with van der Waals surface area (Å²) in [5, 5.41) is 12.0. The minimum absolute atomic E-state index is 0.0331. The number of hydrogen-bond donors (Lipinski definition) is 2. The zero-order chi connectivity index (χ0) is 25.8. The highest BCUT2D eigenvalue weighted by molar-refractivity contribution is 7.89. The summed E-state index contributed by atoms with van der Waals surface area (Å²) >= 11 is 0. The average Bonchev–Trinajstić information content (AvgIpc) is 2.73. The van der Waals surface area contributed by atoms with Crippen LogP contribution in [-0.2, 0) is 20.2 Å². The van der Waals surface area contributed by atoms with Crippen molar-refractivity contribution >= 4 is 21.7 Å². The number of carboxylic acid groups (broad SMARTS) is 1. The Hall–Kier alpha value is -2.79. The summed E-state index contributed by atoms with van der Waals surface area (Å²) in [6, 6.07) is 11.1. The first-order valence-corrected chi connectivity index (χ1v) is 13.0. The zero-order valence-corrected chi connectivity index (χ0v) is 20.8. The number of anilines is 1. The maximum absolute atomic E-state index is 12.9. The van der Waals surface area contributed by atoms with E-state index in [-0.39, 0.29) is 50.0 Å². The van der Waals surface area contributed by atoms with Crippen LogP contribution in [0.15, 0.2) is 36.4 Å². The van der Waals surface area contributed by atoms with Crippen LogP contribution in [-0.4, -0.2) is 60.8 Å². The summed E-state index contributed by atoms with van der Waals surface area (Å²) in [5.74, 6) is -1.32. The van der Waals surface area contributed by atoms with Crippen molar-refractivity contribution in [3.63, 3.8) is 0 Å². The van der Waals surface area contributed by atoms with Crippen molar-refractivity contribution in [2.45, 2.75) is 51.6 Å². The van der Waals surface area contributed by atoms with Gasteiger partial charge in [-0.25, -0.2) is 13.4 Å². The van der Waals surface area contributed by atoms with E-state index in [1.807, 2.05) is 24.3 Å². The molecule has 2 heterocycles. The predicted molar refractivity (Wildman–Crippen MR) is 129 cm³/mol. The second-order valence-electron chi connectivity index (χ2n) is 9.14. The number of pyridine rings is 1. The van der Waals surface area contributed by atoms with Crippen molar-refractivity contribution < 1.29 is 31.8 Å². The van der Waals surface area contributed by atoms with E-state index in [9.17, 15) is 22.0 Å². The number of nitrogens with zero attached hydrogens (tertiary/aromatic N) is 2. The van der Waals surface area contributed by atoms with Crippen molar-refractivity contribution in [1.29, 1.82) is 0 Å². The van der Waals surface area contributed by atoms with Gasteiger partial charge in [-0.15, -0.1) is 0 Å². The van der Waals surface area contributed by atoms with Gasteiger partial charge in [-0.05, 0) is 42.5 Å². The lowest BCUT2D eigenvalue weighted by Gasteiger charge is -2.50. The lowest BCUT2D eigenvalue weighted by Crippen LogP contribution is -2.64. The van der Waals surface area contributed by atoms with Gasteiger partial charge < -0.3 is 15.2 Å². The quantitative estimate of drug-likeness (QED) is 0.444.